The molecule has 5 rings (SSSR count). The highest BCUT2D eigenvalue weighted by molar-refractivity contribution is 6.11. The van der Waals surface area contributed by atoms with E-state index >= 15 is 0 Å². The van der Waals surface area contributed by atoms with Crippen molar-refractivity contribution in [1.29, 1.82) is 0 Å². The van der Waals surface area contributed by atoms with Gasteiger partial charge in [0.25, 0.3) is 5.91 Å². The second-order valence-corrected chi connectivity index (χ2v) is 7.50. The molecular weight excluding hydrogens is 416 g/mol. The minimum atomic E-state index is -0.167. The van der Waals surface area contributed by atoms with Gasteiger partial charge in [0.2, 0.25) is 0 Å². The zero-order chi connectivity index (χ0) is 22.8. The van der Waals surface area contributed by atoms with E-state index in [4.69, 9.17) is 9.47 Å². The molecule has 7 heteroatoms. The average Bonchev–Trinajstić information content (AvgIpc) is 3.29. The van der Waals surface area contributed by atoms with E-state index in [2.05, 4.69) is 15.3 Å². The van der Waals surface area contributed by atoms with Gasteiger partial charge in [-0.2, -0.15) is 0 Å². The molecule has 0 bridgehead atoms. The molecule has 5 aromatic rings. The number of nitrogens with zero attached hydrogens (tertiary/aromatic N) is 3. The summed E-state index contributed by atoms with van der Waals surface area (Å²) >= 11 is 0. The minimum Gasteiger partial charge on any atom is -0.496 e. The van der Waals surface area contributed by atoms with Gasteiger partial charge in [-0.25, -0.2) is 4.98 Å². The molecule has 0 unspecified atom stereocenters. The van der Waals surface area contributed by atoms with Gasteiger partial charge in [0.05, 0.1) is 38.2 Å². The second-order valence-electron chi connectivity index (χ2n) is 7.50. The number of aromatic nitrogens is 3. The summed E-state index contributed by atoms with van der Waals surface area (Å²) in [7, 11) is 3.27. The van der Waals surface area contributed by atoms with Gasteiger partial charge in [-0.1, -0.05) is 36.4 Å². The Bertz CT molecular complexity index is 1420. The number of amides is 1. The fraction of sp³-hybridized carbons (Fsp3) is 0.115. The Kier molecular flexibility index (Phi) is 5.36. The van der Waals surface area contributed by atoms with Crippen molar-refractivity contribution in [3.05, 3.63) is 90.6 Å². The van der Waals surface area contributed by atoms with Crippen molar-refractivity contribution in [2.75, 3.05) is 14.2 Å². The van der Waals surface area contributed by atoms with Crippen molar-refractivity contribution < 1.29 is 14.3 Å². The molecule has 164 valence electrons. The predicted octanol–water partition coefficient (Wildman–Crippen LogP) is 4.50. The molecule has 0 aliphatic heterocycles. The Hall–Kier alpha value is -4.39. The number of imidazole rings is 1. The predicted molar refractivity (Wildman–Crippen MR) is 127 cm³/mol. The SMILES string of the molecule is COc1cccc(OC)c1-c1cccc2c(C(=O)NCc3cn4ccncc4n3)cccc12. The number of ether oxygens (including phenoxy) is 2. The summed E-state index contributed by atoms with van der Waals surface area (Å²) in [5.41, 5.74) is 3.88. The van der Waals surface area contributed by atoms with Gasteiger partial charge in [-0.3, -0.25) is 9.78 Å². The van der Waals surface area contributed by atoms with Crippen LogP contribution in [0.5, 0.6) is 11.5 Å². The van der Waals surface area contributed by atoms with Crippen LogP contribution >= 0.6 is 0 Å². The van der Waals surface area contributed by atoms with Crippen LogP contribution in [0.1, 0.15) is 16.1 Å². The molecule has 0 radical (unpaired) electrons. The smallest absolute Gasteiger partial charge is 0.252 e. The van der Waals surface area contributed by atoms with E-state index < -0.39 is 0 Å². The number of hydrogen-bond acceptors (Lipinski definition) is 5. The first-order valence-electron chi connectivity index (χ1n) is 10.5. The molecule has 3 aromatic carbocycles. The molecule has 1 N–H and O–H groups in total. The standard InChI is InChI=1S/C26H22N4O3/c1-32-22-10-5-11-23(33-2)25(22)20-8-3-7-19-18(20)6-4-9-21(19)26(31)28-14-17-16-30-13-12-27-15-24(30)29-17/h3-13,15-16H,14H2,1-2H3,(H,28,31). The average molecular weight is 438 g/mol. The zero-order valence-electron chi connectivity index (χ0n) is 18.3. The summed E-state index contributed by atoms with van der Waals surface area (Å²) in [6.45, 7) is 0.316. The van der Waals surface area contributed by atoms with Crippen LogP contribution in [0.3, 0.4) is 0 Å². The molecule has 2 aromatic heterocycles. The summed E-state index contributed by atoms with van der Waals surface area (Å²) in [6, 6.07) is 17.3. The lowest BCUT2D eigenvalue weighted by Gasteiger charge is -2.16. The van der Waals surface area contributed by atoms with Crippen LogP contribution in [0.2, 0.25) is 0 Å². The van der Waals surface area contributed by atoms with Gasteiger partial charge in [-0.05, 0) is 34.5 Å². The minimum absolute atomic E-state index is 0.167. The zero-order valence-corrected chi connectivity index (χ0v) is 18.3. The third-order valence-electron chi connectivity index (χ3n) is 5.61. The van der Waals surface area contributed by atoms with E-state index in [1.807, 2.05) is 71.4 Å². The van der Waals surface area contributed by atoms with Crippen LogP contribution in [0, 0.1) is 0 Å². The fourth-order valence-corrected chi connectivity index (χ4v) is 4.09. The van der Waals surface area contributed by atoms with E-state index in [0.717, 1.165) is 33.2 Å². The molecule has 0 aliphatic carbocycles. The van der Waals surface area contributed by atoms with Crippen LogP contribution in [0.4, 0.5) is 0 Å². The maximum absolute atomic E-state index is 13.1. The number of benzene rings is 3. The summed E-state index contributed by atoms with van der Waals surface area (Å²) in [4.78, 5) is 21.7. The van der Waals surface area contributed by atoms with Crippen molar-refractivity contribution in [3.63, 3.8) is 0 Å². The number of carbonyl (C=O) groups is 1. The van der Waals surface area contributed by atoms with Crippen LogP contribution in [-0.4, -0.2) is 34.5 Å². The monoisotopic (exact) mass is 438 g/mol. The lowest BCUT2D eigenvalue weighted by molar-refractivity contribution is 0.0952. The maximum atomic E-state index is 13.1. The highest BCUT2D eigenvalue weighted by Gasteiger charge is 2.17. The molecule has 0 saturated heterocycles. The number of rotatable bonds is 6. The van der Waals surface area contributed by atoms with Gasteiger partial charge in [0.15, 0.2) is 5.65 Å². The Morgan fingerprint density at radius 3 is 2.45 bits per heavy atom. The molecule has 1 amide bonds. The third kappa shape index (κ3) is 3.74. The van der Waals surface area contributed by atoms with E-state index in [-0.39, 0.29) is 5.91 Å². The van der Waals surface area contributed by atoms with Crippen molar-refractivity contribution in [1.82, 2.24) is 19.7 Å². The summed E-state index contributed by atoms with van der Waals surface area (Å²) in [5.74, 6) is 1.25. The second kappa shape index (κ2) is 8.63. The summed E-state index contributed by atoms with van der Waals surface area (Å²) in [6.07, 6.45) is 7.09. The lowest BCUT2D eigenvalue weighted by atomic mass is 9.94. The van der Waals surface area contributed by atoms with Gasteiger partial charge in [0, 0.05) is 24.2 Å². The molecule has 0 atom stereocenters. The van der Waals surface area contributed by atoms with Crippen LogP contribution < -0.4 is 14.8 Å². The number of nitrogens with one attached hydrogen (secondary N) is 1. The molecule has 33 heavy (non-hydrogen) atoms. The number of fused-ring (bicyclic) bond motifs is 2. The molecule has 0 spiro atoms. The largest absolute Gasteiger partial charge is 0.496 e. The molecule has 0 aliphatic rings. The normalized spacial score (nSPS) is 11.0. The first kappa shape index (κ1) is 20.5. The Balaban J connectivity index is 1.51. The number of carbonyl (C=O) groups excluding carboxylic acids is 1. The van der Waals surface area contributed by atoms with Crippen molar-refractivity contribution in [3.8, 4) is 22.6 Å². The Morgan fingerprint density at radius 2 is 1.70 bits per heavy atom. The molecule has 0 saturated carbocycles. The maximum Gasteiger partial charge on any atom is 0.252 e. The van der Waals surface area contributed by atoms with Crippen molar-refractivity contribution in [2.24, 2.45) is 0 Å². The third-order valence-corrected chi connectivity index (χ3v) is 5.61. The van der Waals surface area contributed by atoms with Crippen molar-refractivity contribution in [2.45, 2.75) is 6.54 Å². The van der Waals surface area contributed by atoms with Gasteiger partial charge >= 0.3 is 0 Å². The molecule has 0 fully saturated rings. The van der Waals surface area contributed by atoms with Crippen molar-refractivity contribution >= 4 is 22.3 Å². The van der Waals surface area contributed by atoms with E-state index in [1.54, 1.807) is 26.6 Å². The first-order chi connectivity index (χ1) is 16.2. The highest BCUT2D eigenvalue weighted by atomic mass is 16.5. The summed E-state index contributed by atoms with van der Waals surface area (Å²) < 4.78 is 13.1. The van der Waals surface area contributed by atoms with Gasteiger partial charge < -0.3 is 19.2 Å². The molecular formula is C26H22N4O3. The van der Waals surface area contributed by atoms with Crippen LogP contribution in [-0.2, 0) is 6.54 Å². The Morgan fingerprint density at radius 1 is 0.970 bits per heavy atom. The number of methoxy groups -OCH3 is 2. The van der Waals surface area contributed by atoms with Gasteiger partial charge in [0.1, 0.15) is 11.5 Å². The Labute approximate surface area is 190 Å². The van der Waals surface area contributed by atoms with Crippen LogP contribution in [0.15, 0.2) is 79.4 Å². The topological polar surface area (TPSA) is 77.8 Å². The van der Waals surface area contributed by atoms with Crippen LogP contribution in [0.25, 0.3) is 27.5 Å². The quantitative estimate of drug-likeness (QED) is 0.422. The van der Waals surface area contributed by atoms with E-state index in [1.165, 1.54) is 0 Å². The molecule has 2 heterocycles. The summed E-state index contributed by atoms with van der Waals surface area (Å²) in [5, 5.41) is 4.77. The highest BCUT2D eigenvalue weighted by Crippen LogP contribution is 2.41. The fourth-order valence-electron chi connectivity index (χ4n) is 4.09. The van der Waals surface area contributed by atoms with E-state index in [9.17, 15) is 4.79 Å². The van der Waals surface area contributed by atoms with E-state index in [0.29, 0.717) is 23.6 Å². The number of hydrogen-bond donors (Lipinski definition) is 1. The molecule has 7 nitrogen and oxygen atoms in total. The first-order valence-corrected chi connectivity index (χ1v) is 10.5. The van der Waals surface area contributed by atoms with Gasteiger partial charge in [-0.15, -0.1) is 0 Å². The lowest BCUT2D eigenvalue weighted by Crippen LogP contribution is -2.23.